The third-order valence-corrected chi connectivity index (χ3v) is 14.1. The van der Waals surface area contributed by atoms with E-state index in [0.717, 1.165) is 38.5 Å². The largest absolute Gasteiger partial charge is 0.423 e. The summed E-state index contributed by atoms with van der Waals surface area (Å²) in [6, 6.07) is 0. The Morgan fingerprint density at radius 1 is 0.935 bits per heavy atom. The predicted molar refractivity (Wildman–Crippen MR) is 133 cm³/mol. The van der Waals surface area contributed by atoms with Gasteiger partial charge in [0.2, 0.25) is 0 Å². The molecule has 9 heteroatoms. The zero-order valence-corrected chi connectivity index (χ0v) is 23.3. The summed E-state index contributed by atoms with van der Waals surface area (Å²) in [7, 11) is -2.12. The second-order valence-corrected chi connectivity index (χ2v) is 16.8. The lowest BCUT2D eigenvalue weighted by molar-refractivity contribution is -0.179. The third kappa shape index (κ3) is 4.65. The van der Waals surface area contributed by atoms with Crippen molar-refractivity contribution < 1.29 is 14.0 Å². The smallest absolute Gasteiger partial charge is 0.317 e. The number of fused-ring (bicyclic) bond motifs is 1. The number of ether oxygens (including phenoxy) is 1. The van der Waals surface area contributed by atoms with Crippen LogP contribution in [0.3, 0.4) is 0 Å². The second kappa shape index (κ2) is 9.17. The molecule has 0 amide bonds. The van der Waals surface area contributed by atoms with Crippen LogP contribution >= 0.6 is 58.0 Å². The Labute approximate surface area is 211 Å². The molecule has 2 saturated carbocycles. The fourth-order valence-corrected chi connectivity index (χ4v) is 7.36. The molecule has 0 heterocycles. The van der Waals surface area contributed by atoms with Crippen molar-refractivity contribution in [2.75, 3.05) is 0 Å². The van der Waals surface area contributed by atoms with E-state index in [0.29, 0.717) is 5.92 Å². The van der Waals surface area contributed by atoms with Crippen molar-refractivity contribution in [1.29, 1.82) is 0 Å². The van der Waals surface area contributed by atoms with Gasteiger partial charge in [-0.25, -0.2) is 0 Å². The molecule has 3 nitrogen and oxygen atoms in total. The van der Waals surface area contributed by atoms with Crippen molar-refractivity contribution in [3.63, 3.8) is 0 Å². The molecule has 0 unspecified atom stereocenters. The molecule has 0 saturated heterocycles. The van der Waals surface area contributed by atoms with E-state index in [9.17, 15) is 4.79 Å². The molecule has 0 spiro atoms. The van der Waals surface area contributed by atoms with Crippen molar-refractivity contribution in [2.24, 2.45) is 11.8 Å². The number of halogens is 5. The van der Waals surface area contributed by atoms with Crippen LogP contribution in [0.4, 0.5) is 0 Å². The van der Waals surface area contributed by atoms with E-state index in [-0.39, 0.29) is 41.8 Å². The fourth-order valence-electron chi connectivity index (χ4n) is 4.49. The van der Waals surface area contributed by atoms with Crippen molar-refractivity contribution in [2.45, 2.75) is 83.0 Å². The quantitative estimate of drug-likeness (QED) is 0.124. The van der Waals surface area contributed by atoms with E-state index >= 15 is 0 Å². The van der Waals surface area contributed by atoms with Crippen molar-refractivity contribution in [3.05, 3.63) is 25.1 Å². The molecule has 31 heavy (non-hydrogen) atoms. The first-order valence-corrected chi connectivity index (χ1v) is 15.5. The molecule has 174 valence electrons. The summed E-state index contributed by atoms with van der Waals surface area (Å²) in [5, 5.41) is 0.0359. The molecule has 0 N–H and O–H groups in total. The highest BCUT2D eigenvalue weighted by Crippen LogP contribution is 2.58. The van der Waals surface area contributed by atoms with Crippen LogP contribution in [0.2, 0.25) is 43.2 Å². The van der Waals surface area contributed by atoms with Gasteiger partial charge < -0.3 is 9.16 Å². The standard InChI is InChI=1S/C22H29Cl5O3Si/c1-21(2,3)31(4,5)30-22-10-8-6-7-9-12(22)11-13(22)20(28)29-19-17(26)15(24)14(23)16(25)18(19)27/h12-13H,6-11H2,1-5H3/t12-,13-,22+/m0/s1. The lowest BCUT2D eigenvalue weighted by atomic mass is 9.58. The van der Waals surface area contributed by atoms with Gasteiger partial charge in [0.15, 0.2) is 14.1 Å². The number of carbonyl (C=O) groups excluding carboxylic acids is 1. The summed E-state index contributed by atoms with van der Waals surface area (Å²) >= 11 is 30.9. The van der Waals surface area contributed by atoms with Crippen LogP contribution in [0.5, 0.6) is 5.75 Å². The lowest BCUT2D eigenvalue weighted by Crippen LogP contribution is -2.65. The van der Waals surface area contributed by atoms with Crippen LogP contribution in [0.15, 0.2) is 0 Å². The average molecular weight is 547 g/mol. The highest BCUT2D eigenvalue weighted by atomic mass is 35.5. The molecule has 2 aliphatic carbocycles. The van der Waals surface area contributed by atoms with E-state index in [1.807, 2.05) is 0 Å². The van der Waals surface area contributed by atoms with Crippen LogP contribution in [0.25, 0.3) is 0 Å². The molecule has 0 bridgehead atoms. The average Bonchev–Trinajstić information content (AvgIpc) is 2.81. The minimum absolute atomic E-state index is 0.00808. The van der Waals surface area contributed by atoms with E-state index < -0.39 is 19.9 Å². The Morgan fingerprint density at radius 2 is 1.48 bits per heavy atom. The summed E-state index contributed by atoms with van der Waals surface area (Å²) < 4.78 is 12.7. The Morgan fingerprint density at radius 3 is 2.03 bits per heavy atom. The Kier molecular flexibility index (Phi) is 7.67. The van der Waals surface area contributed by atoms with Gasteiger partial charge in [-0.1, -0.05) is 98.0 Å². The second-order valence-electron chi connectivity index (χ2n) is 10.2. The van der Waals surface area contributed by atoms with Gasteiger partial charge in [-0.15, -0.1) is 0 Å². The van der Waals surface area contributed by atoms with Crippen molar-refractivity contribution in [3.8, 4) is 5.75 Å². The number of rotatable bonds is 4. The fraction of sp³-hybridized carbons (Fsp3) is 0.682. The maximum Gasteiger partial charge on any atom is 0.317 e. The van der Waals surface area contributed by atoms with Gasteiger partial charge in [-0.3, -0.25) is 4.79 Å². The maximum atomic E-state index is 13.4. The van der Waals surface area contributed by atoms with E-state index in [1.54, 1.807) is 0 Å². The van der Waals surface area contributed by atoms with Crippen LogP contribution in [0, 0.1) is 11.8 Å². The number of benzene rings is 1. The van der Waals surface area contributed by atoms with E-state index in [1.165, 1.54) is 0 Å². The molecule has 3 atom stereocenters. The van der Waals surface area contributed by atoms with Gasteiger partial charge in [-0.2, -0.15) is 0 Å². The normalized spacial score (nSPS) is 26.6. The molecule has 3 rings (SSSR count). The minimum atomic E-state index is -2.12. The first-order valence-electron chi connectivity index (χ1n) is 10.7. The molecule has 1 aromatic carbocycles. The molecule has 0 radical (unpaired) electrons. The summed E-state index contributed by atoms with van der Waals surface area (Å²) in [4.78, 5) is 13.4. The van der Waals surface area contributed by atoms with Crippen LogP contribution < -0.4 is 4.74 Å². The third-order valence-electron chi connectivity index (χ3n) is 7.33. The number of hydrogen-bond donors (Lipinski definition) is 0. The molecule has 1 aromatic rings. The number of hydrogen-bond acceptors (Lipinski definition) is 3. The first-order chi connectivity index (χ1) is 14.2. The highest BCUT2D eigenvalue weighted by Gasteiger charge is 2.62. The van der Waals surface area contributed by atoms with Crippen molar-refractivity contribution >= 4 is 72.3 Å². The van der Waals surface area contributed by atoms with Gasteiger partial charge in [0.25, 0.3) is 0 Å². The zero-order valence-electron chi connectivity index (χ0n) is 18.5. The van der Waals surface area contributed by atoms with Gasteiger partial charge >= 0.3 is 5.97 Å². The maximum absolute atomic E-state index is 13.4. The summed E-state index contributed by atoms with van der Waals surface area (Å²) in [6.45, 7) is 11.1. The Hall–Kier alpha value is 0.317. The Bertz CT molecular complexity index is 854. The predicted octanol–water partition coefficient (Wildman–Crippen LogP) is 9.22. The SMILES string of the molecule is CC(C)(C)[Si](C)(C)O[C@]12CCCCC[C@H]1C[C@H]2C(=O)Oc1c(Cl)c(Cl)c(Cl)c(Cl)c1Cl. The first kappa shape index (κ1) is 25.9. The minimum Gasteiger partial charge on any atom is -0.423 e. The van der Waals surface area contributed by atoms with Gasteiger partial charge in [-0.05, 0) is 43.3 Å². The summed E-state index contributed by atoms with van der Waals surface area (Å²) in [5.74, 6) is -0.488. The van der Waals surface area contributed by atoms with E-state index in [4.69, 9.17) is 67.2 Å². The van der Waals surface area contributed by atoms with Gasteiger partial charge in [0.1, 0.15) is 10.0 Å². The molecule has 0 aromatic heterocycles. The zero-order chi connectivity index (χ0) is 23.4. The molecule has 2 aliphatic rings. The monoisotopic (exact) mass is 544 g/mol. The van der Waals surface area contributed by atoms with Crippen LogP contribution in [0.1, 0.15) is 59.3 Å². The lowest BCUT2D eigenvalue weighted by Gasteiger charge is -2.58. The molecule has 2 fully saturated rings. The number of esters is 1. The number of carbonyl (C=O) groups is 1. The van der Waals surface area contributed by atoms with Gasteiger partial charge in [0, 0.05) is 0 Å². The van der Waals surface area contributed by atoms with Crippen LogP contribution in [-0.4, -0.2) is 19.9 Å². The summed E-state index contributed by atoms with van der Waals surface area (Å²) in [6.07, 6.45) is 6.01. The van der Waals surface area contributed by atoms with Gasteiger partial charge in [0.05, 0.1) is 26.6 Å². The summed E-state index contributed by atoms with van der Waals surface area (Å²) in [5.41, 5.74) is -0.504. The molecular weight excluding hydrogens is 518 g/mol. The molecular formula is C22H29Cl5O3Si. The van der Waals surface area contributed by atoms with E-state index in [2.05, 4.69) is 33.9 Å². The Balaban J connectivity index is 1.94. The molecule has 0 aliphatic heterocycles. The topological polar surface area (TPSA) is 35.5 Å². The van der Waals surface area contributed by atoms with Crippen molar-refractivity contribution in [1.82, 2.24) is 0 Å². The van der Waals surface area contributed by atoms with Crippen LogP contribution in [-0.2, 0) is 9.22 Å². The highest BCUT2D eigenvalue weighted by molar-refractivity contribution is 6.74.